The van der Waals surface area contributed by atoms with Gasteiger partial charge in [0.05, 0.1) is 11.7 Å². The highest BCUT2D eigenvalue weighted by atomic mass is 32.1. The van der Waals surface area contributed by atoms with Gasteiger partial charge in [-0.25, -0.2) is 4.98 Å². The fourth-order valence-corrected chi connectivity index (χ4v) is 4.11. The number of aryl methyl sites for hydroxylation is 2. The Bertz CT molecular complexity index is 646. The van der Waals surface area contributed by atoms with E-state index in [9.17, 15) is 4.79 Å². The van der Waals surface area contributed by atoms with Gasteiger partial charge in [0.25, 0.3) is 0 Å². The lowest BCUT2D eigenvalue weighted by molar-refractivity contribution is -0.139. The third-order valence-corrected chi connectivity index (χ3v) is 5.51. The van der Waals surface area contributed by atoms with Gasteiger partial charge in [-0.2, -0.15) is 0 Å². The van der Waals surface area contributed by atoms with E-state index in [1.54, 1.807) is 11.3 Å². The predicted octanol–water partition coefficient (Wildman–Crippen LogP) is 3.68. The van der Waals surface area contributed by atoms with Crippen molar-refractivity contribution in [2.75, 3.05) is 6.54 Å². The second kappa shape index (κ2) is 6.83. The van der Waals surface area contributed by atoms with E-state index in [-0.39, 0.29) is 17.9 Å². The van der Waals surface area contributed by atoms with Crippen LogP contribution in [0, 0.1) is 19.8 Å². The minimum Gasteiger partial charge on any atom is -0.361 e. The van der Waals surface area contributed by atoms with Gasteiger partial charge in [0.2, 0.25) is 5.91 Å². The summed E-state index contributed by atoms with van der Waals surface area (Å²) in [6.07, 6.45) is 5.75. The molecule has 1 aliphatic heterocycles. The first-order chi connectivity index (χ1) is 11.1. The molecule has 1 amide bonds. The van der Waals surface area contributed by atoms with Crippen molar-refractivity contribution >= 4 is 17.2 Å². The van der Waals surface area contributed by atoms with Crippen molar-refractivity contribution < 1.29 is 9.32 Å². The number of hydrogen-bond donors (Lipinski definition) is 0. The molecule has 1 fully saturated rings. The normalized spacial score (nSPS) is 19.8. The lowest BCUT2D eigenvalue weighted by atomic mass is 9.95. The first kappa shape index (κ1) is 16.2. The zero-order chi connectivity index (χ0) is 16.4. The topological polar surface area (TPSA) is 59.2 Å². The third kappa shape index (κ3) is 3.32. The van der Waals surface area contributed by atoms with Crippen molar-refractivity contribution in [3.63, 3.8) is 0 Å². The number of carbonyl (C=O) groups is 1. The van der Waals surface area contributed by atoms with Crippen molar-refractivity contribution in [2.24, 2.45) is 5.92 Å². The lowest BCUT2D eigenvalue weighted by Gasteiger charge is -2.36. The van der Waals surface area contributed by atoms with Crippen molar-refractivity contribution in [1.29, 1.82) is 0 Å². The molecule has 2 aromatic heterocycles. The van der Waals surface area contributed by atoms with Gasteiger partial charge >= 0.3 is 0 Å². The highest BCUT2D eigenvalue weighted by Crippen LogP contribution is 2.33. The molecular weight excluding hydrogens is 310 g/mol. The van der Waals surface area contributed by atoms with Crippen molar-refractivity contribution in [3.05, 3.63) is 33.6 Å². The maximum absolute atomic E-state index is 13.0. The summed E-state index contributed by atoms with van der Waals surface area (Å²) in [7, 11) is 0. The molecule has 0 N–H and O–H groups in total. The second-order valence-electron chi connectivity index (χ2n) is 6.32. The number of likely N-dealkylation sites (tertiary alicyclic amines) is 1. The van der Waals surface area contributed by atoms with Crippen LogP contribution in [0.2, 0.25) is 0 Å². The van der Waals surface area contributed by atoms with E-state index in [0.717, 1.165) is 47.8 Å². The molecular formula is C17H23N3O2S. The molecule has 2 atom stereocenters. The van der Waals surface area contributed by atoms with E-state index >= 15 is 0 Å². The summed E-state index contributed by atoms with van der Waals surface area (Å²) in [6.45, 7) is 6.67. The zero-order valence-corrected chi connectivity index (χ0v) is 14.7. The monoisotopic (exact) mass is 333 g/mol. The Morgan fingerprint density at radius 2 is 2.30 bits per heavy atom. The standard InChI is InChI=1S/C17H23N3O2S/c1-11(10-14-12(2)19-22-13(14)3)17(21)20-8-5-4-6-15(20)16-18-7-9-23-16/h7,9,11,15H,4-6,8,10H2,1-3H3/t11-,15-/m0/s1. The number of nitrogens with zero attached hydrogens (tertiary/aromatic N) is 3. The van der Waals surface area contributed by atoms with Crippen molar-refractivity contribution in [1.82, 2.24) is 15.0 Å². The van der Waals surface area contributed by atoms with Crippen LogP contribution in [0.25, 0.3) is 0 Å². The zero-order valence-electron chi connectivity index (χ0n) is 13.9. The molecule has 0 bridgehead atoms. The summed E-state index contributed by atoms with van der Waals surface area (Å²) in [5, 5.41) is 7.03. The molecule has 0 spiro atoms. The molecule has 3 rings (SSSR count). The van der Waals surface area contributed by atoms with Gasteiger partial charge in [0.15, 0.2) is 0 Å². The number of rotatable bonds is 4. The highest BCUT2D eigenvalue weighted by Gasteiger charge is 2.32. The van der Waals surface area contributed by atoms with Gasteiger partial charge in [-0.1, -0.05) is 12.1 Å². The highest BCUT2D eigenvalue weighted by molar-refractivity contribution is 7.09. The first-order valence-corrected chi connectivity index (χ1v) is 9.07. The lowest BCUT2D eigenvalue weighted by Crippen LogP contribution is -2.41. The Morgan fingerprint density at radius 3 is 2.96 bits per heavy atom. The Labute approximate surface area is 140 Å². The Hall–Kier alpha value is -1.69. The second-order valence-corrected chi connectivity index (χ2v) is 7.25. The summed E-state index contributed by atoms with van der Waals surface area (Å²) in [5.74, 6) is 0.953. The smallest absolute Gasteiger partial charge is 0.226 e. The Kier molecular flexibility index (Phi) is 4.80. The number of amides is 1. The molecule has 1 saturated heterocycles. The summed E-state index contributed by atoms with van der Waals surface area (Å²) in [6, 6.07) is 0.142. The SMILES string of the molecule is Cc1noc(C)c1C[C@H](C)C(=O)N1CCCC[C@H]1c1nccs1. The number of piperidine rings is 1. The van der Waals surface area contributed by atoms with Crippen LogP contribution >= 0.6 is 11.3 Å². The van der Waals surface area contributed by atoms with E-state index in [1.807, 2.05) is 37.2 Å². The molecule has 2 aromatic rings. The molecule has 1 aliphatic rings. The van der Waals surface area contributed by atoms with E-state index < -0.39 is 0 Å². The fourth-order valence-electron chi connectivity index (χ4n) is 3.32. The maximum atomic E-state index is 13.0. The molecule has 0 radical (unpaired) electrons. The van der Waals surface area contributed by atoms with Gasteiger partial charge in [0, 0.05) is 29.6 Å². The van der Waals surface area contributed by atoms with Crippen molar-refractivity contribution in [2.45, 2.75) is 52.5 Å². The molecule has 6 heteroatoms. The van der Waals surface area contributed by atoms with E-state index in [1.165, 1.54) is 0 Å². The summed E-state index contributed by atoms with van der Waals surface area (Å²) in [5.41, 5.74) is 1.95. The summed E-state index contributed by atoms with van der Waals surface area (Å²) < 4.78 is 5.22. The Balaban J connectivity index is 1.75. The van der Waals surface area contributed by atoms with Gasteiger partial charge in [0.1, 0.15) is 10.8 Å². The molecule has 0 aliphatic carbocycles. The molecule has 124 valence electrons. The van der Waals surface area contributed by atoms with Crippen molar-refractivity contribution in [3.8, 4) is 0 Å². The van der Waals surface area contributed by atoms with Crippen LogP contribution in [-0.4, -0.2) is 27.5 Å². The van der Waals surface area contributed by atoms with E-state index in [0.29, 0.717) is 6.42 Å². The summed E-state index contributed by atoms with van der Waals surface area (Å²) in [4.78, 5) is 19.5. The van der Waals surface area contributed by atoms with Crippen LogP contribution in [-0.2, 0) is 11.2 Å². The van der Waals surface area contributed by atoms with Crippen LogP contribution in [0.4, 0.5) is 0 Å². The van der Waals surface area contributed by atoms with E-state index in [2.05, 4.69) is 10.1 Å². The van der Waals surface area contributed by atoms with Gasteiger partial charge in [-0.3, -0.25) is 4.79 Å². The minimum atomic E-state index is -0.0765. The summed E-state index contributed by atoms with van der Waals surface area (Å²) >= 11 is 1.64. The van der Waals surface area contributed by atoms with Gasteiger partial charge < -0.3 is 9.42 Å². The minimum absolute atomic E-state index is 0.0765. The predicted molar refractivity (Wildman–Crippen MR) is 89.3 cm³/mol. The molecule has 0 unspecified atom stereocenters. The molecule has 23 heavy (non-hydrogen) atoms. The molecule has 0 saturated carbocycles. The Morgan fingerprint density at radius 1 is 1.48 bits per heavy atom. The molecule has 5 nitrogen and oxygen atoms in total. The number of thiazole rings is 1. The van der Waals surface area contributed by atoms with Crippen LogP contribution in [0.1, 0.15) is 54.3 Å². The average molecular weight is 333 g/mol. The average Bonchev–Trinajstić information content (AvgIpc) is 3.20. The number of aromatic nitrogens is 2. The van der Waals surface area contributed by atoms with Crippen LogP contribution in [0.5, 0.6) is 0 Å². The third-order valence-electron chi connectivity index (χ3n) is 4.64. The quantitative estimate of drug-likeness (QED) is 0.856. The van der Waals surface area contributed by atoms with E-state index in [4.69, 9.17) is 4.52 Å². The first-order valence-electron chi connectivity index (χ1n) is 8.19. The largest absolute Gasteiger partial charge is 0.361 e. The van der Waals surface area contributed by atoms with Crippen LogP contribution < -0.4 is 0 Å². The number of carbonyl (C=O) groups excluding carboxylic acids is 1. The molecule has 0 aromatic carbocycles. The fraction of sp³-hybridized carbons (Fsp3) is 0.588. The number of hydrogen-bond acceptors (Lipinski definition) is 5. The van der Waals surface area contributed by atoms with Crippen LogP contribution in [0.15, 0.2) is 16.1 Å². The maximum Gasteiger partial charge on any atom is 0.226 e. The van der Waals surface area contributed by atoms with Gasteiger partial charge in [-0.05, 0) is 39.5 Å². The van der Waals surface area contributed by atoms with Gasteiger partial charge in [-0.15, -0.1) is 11.3 Å². The van der Waals surface area contributed by atoms with Crippen LogP contribution in [0.3, 0.4) is 0 Å². The molecule has 3 heterocycles.